The number of anilines is 1. The minimum absolute atomic E-state index is 0.581. The summed E-state index contributed by atoms with van der Waals surface area (Å²) in [5.41, 5.74) is 0.900. The van der Waals surface area contributed by atoms with Crippen LogP contribution in [0.15, 0.2) is 35.4 Å². The van der Waals surface area contributed by atoms with Gasteiger partial charge in [-0.3, -0.25) is 9.80 Å². The van der Waals surface area contributed by atoms with Crippen molar-refractivity contribution in [3.05, 3.63) is 30.3 Å². The smallest absolute Gasteiger partial charge is 0.265 e. The van der Waals surface area contributed by atoms with Gasteiger partial charge in [0.2, 0.25) is 0 Å². The van der Waals surface area contributed by atoms with Crippen LogP contribution in [0.2, 0.25) is 0 Å². The lowest BCUT2D eigenvalue weighted by atomic mass is 10.3. The number of nitrogens with zero attached hydrogens (tertiary/aromatic N) is 2. The van der Waals surface area contributed by atoms with Crippen LogP contribution in [0.25, 0.3) is 0 Å². The summed E-state index contributed by atoms with van der Waals surface area (Å²) in [4.78, 5) is 10.4. The van der Waals surface area contributed by atoms with E-state index in [1.54, 1.807) is 12.1 Å². The summed E-state index contributed by atoms with van der Waals surface area (Å²) in [6.07, 6.45) is 1.06. The van der Waals surface area contributed by atoms with Crippen molar-refractivity contribution in [2.45, 2.75) is 0 Å². The van der Waals surface area contributed by atoms with Crippen LogP contribution in [0.5, 0.6) is 0 Å². The van der Waals surface area contributed by atoms with Crippen LogP contribution in [-0.4, -0.2) is 18.5 Å². The summed E-state index contributed by atoms with van der Waals surface area (Å²) >= 11 is 5.09. The molecule has 13 heavy (non-hydrogen) atoms. The molecule has 0 aromatic heterocycles. The van der Waals surface area contributed by atoms with Gasteiger partial charge in [0.25, 0.3) is 5.24 Å². The molecular formula is C9H9ClN2O. The van der Waals surface area contributed by atoms with Crippen LogP contribution >= 0.6 is 11.6 Å². The molecule has 68 valence electrons. The minimum atomic E-state index is -0.581. The Hall–Kier alpha value is -1.35. The average Bonchev–Trinajstić information content (AvgIpc) is 2.15. The van der Waals surface area contributed by atoms with Crippen molar-refractivity contribution in [3.8, 4) is 0 Å². The number of halogens is 1. The van der Waals surface area contributed by atoms with Gasteiger partial charge in [0.1, 0.15) is 6.21 Å². The minimum Gasteiger partial charge on any atom is -0.274 e. The van der Waals surface area contributed by atoms with E-state index in [0.29, 0.717) is 0 Å². The quantitative estimate of drug-likeness (QED) is 0.420. The highest BCUT2D eigenvalue weighted by Gasteiger charge is 1.95. The second-order valence-electron chi connectivity index (χ2n) is 2.41. The highest BCUT2D eigenvalue weighted by Crippen LogP contribution is 2.10. The van der Waals surface area contributed by atoms with Crippen LogP contribution in [0.3, 0.4) is 0 Å². The Bertz CT molecular complexity index is 311. The number of hydrogen-bond donors (Lipinski definition) is 0. The highest BCUT2D eigenvalue weighted by molar-refractivity contribution is 6.78. The van der Waals surface area contributed by atoms with Crippen molar-refractivity contribution in [3.63, 3.8) is 0 Å². The van der Waals surface area contributed by atoms with Crippen molar-refractivity contribution in [1.82, 2.24) is 0 Å². The van der Waals surface area contributed by atoms with Gasteiger partial charge in [-0.05, 0) is 23.7 Å². The molecule has 0 aliphatic heterocycles. The number of hydrogen-bond acceptors (Lipinski definition) is 3. The van der Waals surface area contributed by atoms with Gasteiger partial charge in [-0.25, -0.2) is 0 Å². The maximum atomic E-state index is 10.4. The maximum absolute atomic E-state index is 10.4. The monoisotopic (exact) mass is 196 g/mol. The molecule has 1 aromatic carbocycles. The Morgan fingerprint density at radius 2 is 2.08 bits per heavy atom. The molecule has 0 saturated heterocycles. The molecule has 0 aliphatic rings. The topological polar surface area (TPSA) is 32.7 Å². The summed E-state index contributed by atoms with van der Waals surface area (Å²) in [7, 11) is 1.74. The number of carbonyl (C=O) groups is 1. The molecule has 0 saturated carbocycles. The summed E-state index contributed by atoms with van der Waals surface area (Å²) in [5, 5.41) is 4.81. The Morgan fingerprint density at radius 3 is 2.62 bits per heavy atom. The average molecular weight is 197 g/mol. The molecular weight excluding hydrogens is 188 g/mol. The fourth-order valence-electron chi connectivity index (χ4n) is 0.842. The number of para-hydroxylation sites is 1. The van der Waals surface area contributed by atoms with Gasteiger partial charge in [0, 0.05) is 7.05 Å². The predicted molar refractivity (Wildman–Crippen MR) is 54.2 cm³/mol. The molecule has 1 rings (SSSR count). The standard InChI is InChI=1S/C9H9ClN2O/c1-12(11-7-9(10)13)8-5-3-2-4-6-8/h2-7H,1H3. The van der Waals surface area contributed by atoms with Crippen LogP contribution in [0.1, 0.15) is 0 Å². The van der Waals surface area contributed by atoms with Crippen LogP contribution < -0.4 is 5.01 Å². The Balaban J connectivity index is 2.69. The van der Waals surface area contributed by atoms with Crippen molar-refractivity contribution in [2.24, 2.45) is 5.10 Å². The molecule has 0 amide bonds. The molecule has 0 spiro atoms. The SMILES string of the molecule is CN(N=CC(=O)Cl)c1ccccc1. The van der Waals surface area contributed by atoms with Crippen molar-refractivity contribution < 1.29 is 4.79 Å². The third-order valence-electron chi connectivity index (χ3n) is 1.46. The van der Waals surface area contributed by atoms with Crippen LogP contribution in [0, 0.1) is 0 Å². The third kappa shape index (κ3) is 3.25. The number of rotatable bonds is 3. The maximum Gasteiger partial charge on any atom is 0.265 e. The number of hydrazone groups is 1. The number of carbonyl (C=O) groups excluding carboxylic acids is 1. The molecule has 0 fully saturated rings. The van der Waals surface area contributed by atoms with E-state index in [2.05, 4.69) is 5.10 Å². The summed E-state index contributed by atoms with van der Waals surface area (Å²) in [5.74, 6) is 0. The van der Waals surface area contributed by atoms with Gasteiger partial charge in [0.15, 0.2) is 0 Å². The molecule has 0 heterocycles. The lowest BCUT2D eigenvalue weighted by molar-refractivity contribution is -0.105. The zero-order valence-corrected chi connectivity index (χ0v) is 7.90. The first-order valence-corrected chi connectivity index (χ1v) is 4.10. The lowest BCUT2D eigenvalue weighted by Gasteiger charge is -2.11. The van der Waals surface area contributed by atoms with Gasteiger partial charge < -0.3 is 0 Å². The summed E-state index contributed by atoms with van der Waals surface area (Å²) in [6, 6.07) is 9.47. The second kappa shape index (κ2) is 4.62. The Kier molecular flexibility index (Phi) is 3.46. The molecule has 0 radical (unpaired) electrons. The first-order chi connectivity index (χ1) is 6.20. The molecule has 0 unspecified atom stereocenters. The molecule has 0 aliphatic carbocycles. The molecule has 0 bridgehead atoms. The Labute approximate surface area is 81.6 Å². The predicted octanol–water partition coefficient (Wildman–Crippen LogP) is 1.87. The van der Waals surface area contributed by atoms with E-state index in [1.807, 2.05) is 30.3 Å². The largest absolute Gasteiger partial charge is 0.274 e. The van der Waals surface area contributed by atoms with Gasteiger partial charge in [-0.2, -0.15) is 5.10 Å². The van der Waals surface area contributed by atoms with Crippen molar-refractivity contribution in [2.75, 3.05) is 12.1 Å². The van der Waals surface area contributed by atoms with Gasteiger partial charge in [-0.15, -0.1) is 0 Å². The van der Waals surface area contributed by atoms with Crippen molar-refractivity contribution >= 4 is 28.7 Å². The number of benzene rings is 1. The second-order valence-corrected chi connectivity index (χ2v) is 2.78. The molecule has 1 aromatic rings. The van der Waals surface area contributed by atoms with E-state index < -0.39 is 5.24 Å². The zero-order chi connectivity index (χ0) is 9.68. The van der Waals surface area contributed by atoms with Gasteiger partial charge in [-0.1, -0.05) is 18.2 Å². The fourth-order valence-corrected chi connectivity index (χ4v) is 0.886. The van der Waals surface area contributed by atoms with Crippen molar-refractivity contribution in [1.29, 1.82) is 0 Å². The fraction of sp³-hybridized carbons (Fsp3) is 0.111. The van der Waals surface area contributed by atoms with Crippen LogP contribution in [0.4, 0.5) is 5.69 Å². The molecule has 0 atom stereocenters. The first-order valence-electron chi connectivity index (χ1n) is 3.72. The molecule has 0 N–H and O–H groups in total. The molecule has 3 nitrogen and oxygen atoms in total. The van der Waals surface area contributed by atoms with Gasteiger partial charge >= 0.3 is 0 Å². The first kappa shape index (κ1) is 9.74. The molecule has 4 heteroatoms. The van der Waals surface area contributed by atoms with E-state index in [1.165, 1.54) is 0 Å². The lowest BCUT2D eigenvalue weighted by Crippen LogP contribution is -2.09. The van der Waals surface area contributed by atoms with E-state index in [-0.39, 0.29) is 0 Å². The zero-order valence-electron chi connectivity index (χ0n) is 7.14. The van der Waals surface area contributed by atoms with Gasteiger partial charge in [0.05, 0.1) is 5.69 Å². The summed E-state index contributed by atoms with van der Waals surface area (Å²) < 4.78 is 0. The highest BCUT2D eigenvalue weighted by atomic mass is 35.5. The van der Waals surface area contributed by atoms with E-state index in [0.717, 1.165) is 11.9 Å². The Morgan fingerprint density at radius 1 is 1.46 bits per heavy atom. The van der Waals surface area contributed by atoms with Crippen LogP contribution in [-0.2, 0) is 4.79 Å². The summed E-state index contributed by atoms with van der Waals surface area (Å²) in [6.45, 7) is 0. The van der Waals surface area contributed by atoms with E-state index in [9.17, 15) is 4.79 Å². The van der Waals surface area contributed by atoms with E-state index in [4.69, 9.17) is 11.6 Å². The normalized spacial score (nSPS) is 10.3. The third-order valence-corrected chi connectivity index (χ3v) is 1.56. The van der Waals surface area contributed by atoms with E-state index >= 15 is 0 Å².